The number of halogens is 1. The average Bonchev–Trinajstić information content (AvgIpc) is 1.98. The molecule has 60 valence electrons. The van der Waals surface area contributed by atoms with Crippen molar-refractivity contribution in [2.24, 2.45) is 0 Å². The maximum Gasteiger partial charge on any atom is 0.0635 e. The molecule has 3 heteroatoms. The molecule has 2 nitrogen and oxygen atoms in total. The van der Waals surface area contributed by atoms with Crippen LogP contribution < -0.4 is 11.1 Å². The second kappa shape index (κ2) is 3.60. The van der Waals surface area contributed by atoms with Crippen molar-refractivity contribution in [3.05, 3.63) is 28.8 Å². The highest BCUT2D eigenvalue weighted by Crippen LogP contribution is 2.18. The molecule has 0 atom stereocenters. The van der Waals surface area contributed by atoms with Gasteiger partial charge in [0, 0.05) is 6.54 Å². The second-order valence-corrected chi connectivity index (χ2v) is 2.79. The van der Waals surface area contributed by atoms with Gasteiger partial charge in [0.2, 0.25) is 0 Å². The molecular formula is C8H11ClN2. The smallest absolute Gasteiger partial charge is 0.0635 e. The van der Waals surface area contributed by atoms with Crippen molar-refractivity contribution in [2.75, 3.05) is 12.8 Å². The predicted octanol–water partition coefficient (Wildman–Crippen LogP) is 1.64. The molecule has 0 saturated carbocycles. The van der Waals surface area contributed by atoms with Crippen LogP contribution in [0.25, 0.3) is 0 Å². The van der Waals surface area contributed by atoms with Gasteiger partial charge < -0.3 is 11.1 Å². The Hall–Kier alpha value is -0.730. The monoisotopic (exact) mass is 170 g/mol. The van der Waals surface area contributed by atoms with E-state index in [2.05, 4.69) is 5.32 Å². The lowest BCUT2D eigenvalue weighted by atomic mass is 10.2. The van der Waals surface area contributed by atoms with Crippen LogP contribution in [-0.4, -0.2) is 7.05 Å². The molecule has 0 spiro atoms. The van der Waals surface area contributed by atoms with Crippen molar-refractivity contribution in [1.29, 1.82) is 0 Å². The van der Waals surface area contributed by atoms with E-state index in [1.54, 1.807) is 0 Å². The van der Waals surface area contributed by atoms with E-state index in [0.29, 0.717) is 10.7 Å². The van der Waals surface area contributed by atoms with E-state index in [4.69, 9.17) is 17.3 Å². The molecular weight excluding hydrogens is 160 g/mol. The Morgan fingerprint density at radius 3 is 2.82 bits per heavy atom. The second-order valence-electron chi connectivity index (χ2n) is 2.39. The van der Waals surface area contributed by atoms with Gasteiger partial charge in [-0.2, -0.15) is 0 Å². The number of nitrogens with two attached hydrogens (primary N) is 1. The number of nitrogen functional groups attached to an aromatic ring is 1. The number of anilines is 1. The Balaban J connectivity index is 2.86. The van der Waals surface area contributed by atoms with Crippen LogP contribution in [0, 0.1) is 0 Å². The van der Waals surface area contributed by atoms with Gasteiger partial charge in [0.25, 0.3) is 0 Å². The third-order valence-electron chi connectivity index (χ3n) is 1.44. The summed E-state index contributed by atoms with van der Waals surface area (Å²) in [5.74, 6) is 0. The van der Waals surface area contributed by atoms with Crippen molar-refractivity contribution in [3.8, 4) is 0 Å². The summed E-state index contributed by atoms with van der Waals surface area (Å²) in [4.78, 5) is 0. The number of rotatable bonds is 2. The van der Waals surface area contributed by atoms with E-state index >= 15 is 0 Å². The summed E-state index contributed by atoms with van der Waals surface area (Å²) < 4.78 is 0. The fraction of sp³-hybridized carbons (Fsp3) is 0.250. The van der Waals surface area contributed by atoms with Crippen LogP contribution in [0.5, 0.6) is 0 Å². The Morgan fingerprint density at radius 1 is 1.55 bits per heavy atom. The highest BCUT2D eigenvalue weighted by molar-refractivity contribution is 6.33. The molecule has 0 unspecified atom stereocenters. The minimum atomic E-state index is 0.616. The van der Waals surface area contributed by atoms with Gasteiger partial charge in [0.05, 0.1) is 10.7 Å². The summed E-state index contributed by atoms with van der Waals surface area (Å²) in [7, 11) is 1.89. The molecule has 0 aliphatic rings. The largest absolute Gasteiger partial charge is 0.398 e. The summed E-state index contributed by atoms with van der Waals surface area (Å²) in [6.07, 6.45) is 0. The van der Waals surface area contributed by atoms with E-state index < -0.39 is 0 Å². The van der Waals surface area contributed by atoms with Crippen LogP contribution in [0.3, 0.4) is 0 Å². The lowest BCUT2D eigenvalue weighted by Crippen LogP contribution is -2.05. The minimum Gasteiger partial charge on any atom is -0.398 e. The first-order chi connectivity index (χ1) is 5.24. The summed E-state index contributed by atoms with van der Waals surface area (Å²) in [5.41, 5.74) is 7.38. The molecule has 0 radical (unpaired) electrons. The average molecular weight is 171 g/mol. The fourth-order valence-electron chi connectivity index (χ4n) is 0.907. The van der Waals surface area contributed by atoms with Gasteiger partial charge in [0.1, 0.15) is 0 Å². The first kappa shape index (κ1) is 8.37. The summed E-state index contributed by atoms with van der Waals surface area (Å²) >= 11 is 5.74. The van der Waals surface area contributed by atoms with E-state index in [0.717, 1.165) is 12.1 Å². The van der Waals surface area contributed by atoms with Gasteiger partial charge in [-0.1, -0.05) is 17.7 Å². The minimum absolute atomic E-state index is 0.616. The molecule has 0 amide bonds. The van der Waals surface area contributed by atoms with E-state index in [1.165, 1.54) is 0 Å². The fourth-order valence-corrected chi connectivity index (χ4v) is 1.02. The van der Waals surface area contributed by atoms with Crippen LogP contribution in [0.4, 0.5) is 5.69 Å². The summed E-state index contributed by atoms with van der Waals surface area (Å²) in [6.45, 7) is 0.821. The number of hydrogen-bond acceptors (Lipinski definition) is 2. The maximum absolute atomic E-state index is 5.74. The van der Waals surface area contributed by atoms with Gasteiger partial charge in [-0.3, -0.25) is 0 Å². The molecule has 0 aromatic heterocycles. The SMILES string of the molecule is CNCc1ccc(Cl)c(N)c1. The lowest BCUT2D eigenvalue weighted by Gasteiger charge is -2.02. The van der Waals surface area contributed by atoms with Gasteiger partial charge in [-0.15, -0.1) is 0 Å². The van der Waals surface area contributed by atoms with Crippen LogP contribution >= 0.6 is 11.6 Å². The van der Waals surface area contributed by atoms with Gasteiger partial charge in [-0.25, -0.2) is 0 Å². The summed E-state index contributed by atoms with van der Waals surface area (Å²) in [5, 5.41) is 3.65. The molecule has 0 fully saturated rings. The molecule has 0 aliphatic carbocycles. The normalized spacial score (nSPS) is 10.0. The Morgan fingerprint density at radius 2 is 2.27 bits per heavy atom. The molecule has 1 aromatic carbocycles. The molecule has 0 saturated heterocycles. The van der Waals surface area contributed by atoms with E-state index in [9.17, 15) is 0 Å². The number of nitrogens with one attached hydrogen (secondary N) is 1. The number of benzene rings is 1. The van der Waals surface area contributed by atoms with E-state index in [-0.39, 0.29) is 0 Å². The Bertz CT molecular complexity index is 248. The highest BCUT2D eigenvalue weighted by atomic mass is 35.5. The molecule has 0 heterocycles. The van der Waals surface area contributed by atoms with Crippen LogP contribution in [0.2, 0.25) is 5.02 Å². The van der Waals surface area contributed by atoms with Gasteiger partial charge >= 0.3 is 0 Å². The zero-order valence-corrected chi connectivity index (χ0v) is 7.15. The standard InChI is InChI=1S/C8H11ClN2/c1-11-5-6-2-3-7(9)8(10)4-6/h2-4,11H,5,10H2,1H3. The maximum atomic E-state index is 5.74. The van der Waals surface area contributed by atoms with Crippen molar-refractivity contribution in [3.63, 3.8) is 0 Å². The van der Waals surface area contributed by atoms with Crippen molar-refractivity contribution >= 4 is 17.3 Å². The quantitative estimate of drug-likeness (QED) is 0.663. The van der Waals surface area contributed by atoms with Gasteiger partial charge in [0.15, 0.2) is 0 Å². The molecule has 1 rings (SSSR count). The third kappa shape index (κ3) is 2.10. The first-order valence-corrected chi connectivity index (χ1v) is 3.80. The lowest BCUT2D eigenvalue weighted by molar-refractivity contribution is 0.818. The van der Waals surface area contributed by atoms with E-state index in [1.807, 2.05) is 25.2 Å². The van der Waals surface area contributed by atoms with Crippen LogP contribution in [-0.2, 0) is 6.54 Å². The number of hydrogen-bond donors (Lipinski definition) is 2. The highest BCUT2D eigenvalue weighted by Gasteiger charge is 1.95. The molecule has 1 aromatic rings. The summed E-state index contributed by atoms with van der Waals surface area (Å²) in [6, 6.07) is 5.64. The Labute approximate surface area is 71.4 Å². The van der Waals surface area contributed by atoms with Crippen LogP contribution in [0.1, 0.15) is 5.56 Å². The molecule has 0 bridgehead atoms. The topological polar surface area (TPSA) is 38.0 Å². The van der Waals surface area contributed by atoms with Crippen LogP contribution in [0.15, 0.2) is 18.2 Å². The Kier molecular flexibility index (Phi) is 2.74. The first-order valence-electron chi connectivity index (χ1n) is 3.42. The van der Waals surface area contributed by atoms with Crippen molar-refractivity contribution < 1.29 is 0 Å². The van der Waals surface area contributed by atoms with Crippen molar-refractivity contribution in [1.82, 2.24) is 5.32 Å². The predicted molar refractivity (Wildman–Crippen MR) is 48.6 cm³/mol. The third-order valence-corrected chi connectivity index (χ3v) is 1.79. The van der Waals surface area contributed by atoms with Crippen molar-refractivity contribution in [2.45, 2.75) is 6.54 Å². The molecule has 3 N–H and O–H groups in total. The zero-order chi connectivity index (χ0) is 8.27. The molecule has 0 aliphatic heterocycles. The van der Waals surface area contributed by atoms with Gasteiger partial charge in [-0.05, 0) is 24.7 Å². The zero-order valence-electron chi connectivity index (χ0n) is 6.39. The molecule has 11 heavy (non-hydrogen) atoms.